The summed E-state index contributed by atoms with van der Waals surface area (Å²) in [6.07, 6.45) is 1.14. The van der Waals surface area contributed by atoms with Gasteiger partial charge in [-0.1, -0.05) is 0 Å². The minimum absolute atomic E-state index is 0.0582. The van der Waals surface area contributed by atoms with E-state index in [4.69, 9.17) is 14.2 Å². The molecule has 2 aromatic rings. The maximum atomic E-state index is 12.8. The number of hydrogen-bond acceptors (Lipinski definition) is 5. The highest BCUT2D eigenvalue weighted by molar-refractivity contribution is 5.71. The number of methoxy groups -OCH3 is 3. The van der Waals surface area contributed by atoms with Gasteiger partial charge in [0.25, 0.3) is 5.56 Å². The summed E-state index contributed by atoms with van der Waals surface area (Å²) in [5.74, 6) is 2.65. The number of rotatable bonds is 4. The highest BCUT2D eigenvalue weighted by Crippen LogP contribution is 2.42. The first-order valence-corrected chi connectivity index (χ1v) is 8.90. The zero-order valence-electron chi connectivity index (χ0n) is 15.4. The second kappa shape index (κ2) is 6.68. The Kier molecular flexibility index (Phi) is 4.36. The van der Waals surface area contributed by atoms with Gasteiger partial charge in [-0.15, -0.1) is 0 Å². The molecule has 26 heavy (non-hydrogen) atoms. The number of nitrogens with one attached hydrogen (secondary N) is 1. The molecule has 0 aliphatic carbocycles. The highest BCUT2D eigenvalue weighted by Gasteiger charge is 2.31. The van der Waals surface area contributed by atoms with E-state index in [1.54, 1.807) is 27.4 Å². The summed E-state index contributed by atoms with van der Waals surface area (Å²) in [6, 6.07) is 7.62. The molecule has 2 atom stereocenters. The summed E-state index contributed by atoms with van der Waals surface area (Å²) < 4.78 is 18.2. The van der Waals surface area contributed by atoms with Gasteiger partial charge in [-0.2, -0.15) is 0 Å². The lowest BCUT2D eigenvalue weighted by Crippen LogP contribution is -2.44. The molecule has 1 saturated heterocycles. The molecule has 0 amide bonds. The smallest absolute Gasteiger partial charge is 0.251 e. The van der Waals surface area contributed by atoms with Crippen LogP contribution in [-0.2, 0) is 6.54 Å². The molecular weight excluding hydrogens is 332 g/mol. The van der Waals surface area contributed by atoms with Crippen molar-refractivity contribution in [2.75, 3.05) is 34.4 Å². The van der Waals surface area contributed by atoms with Crippen LogP contribution in [-0.4, -0.2) is 39.0 Å². The van der Waals surface area contributed by atoms with Gasteiger partial charge in [-0.3, -0.25) is 4.79 Å². The Morgan fingerprint density at radius 2 is 1.65 bits per heavy atom. The third kappa shape index (κ3) is 2.74. The normalized spacial score (nSPS) is 21.0. The Balaban J connectivity index is 1.84. The van der Waals surface area contributed by atoms with E-state index in [9.17, 15) is 4.79 Å². The third-order valence-electron chi connectivity index (χ3n) is 5.46. The second-order valence-electron chi connectivity index (χ2n) is 6.99. The van der Waals surface area contributed by atoms with Crippen molar-refractivity contribution in [2.24, 2.45) is 5.92 Å². The summed E-state index contributed by atoms with van der Waals surface area (Å²) in [5.41, 5.74) is 2.93. The topological polar surface area (TPSA) is 61.7 Å². The van der Waals surface area contributed by atoms with Crippen LogP contribution in [0.15, 0.2) is 29.1 Å². The quantitative estimate of drug-likeness (QED) is 0.910. The lowest BCUT2D eigenvalue weighted by atomic mass is 9.83. The van der Waals surface area contributed by atoms with Gasteiger partial charge >= 0.3 is 0 Å². The number of benzene rings is 1. The van der Waals surface area contributed by atoms with E-state index in [2.05, 4.69) is 11.4 Å². The van der Waals surface area contributed by atoms with E-state index < -0.39 is 0 Å². The molecule has 0 radical (unpaired) electrons. The van der Waals surface area contributed by atoms with Crippen LogP contribution < -0.4 is 25.1 Å². The van der Waals surface area contributed by atoms with E-state index in [0.717, 1.165) is 42.9 Å². The molecule has 1 aromatic carbocycles. The SMILES string of the molecule is COc1cc(-c2cc3n(c(=O)c2)C[C@@H]2CNC[C@H]3C2)cc(OC)c1OC. The van der Waals surface area contributed by atoms with Crippen molar-refractivity contribution >= 4 is 0 Å². The van der Waals surface area contributed by atoms with Crippen molar-refractivity contribution in [3.8, 4) is 28.4 Å². The van der Waals surface area contributed by atoms with Crippen LogP contribution in [0.5, 0.6) is 17.2 Å². The molecule has 0 spiro atoms. The monoisotopic (exact) mass is 356 g/mol. The summed E-state index contributed by atoms with van der Waals surface area (Å²) in [4.78, 5) is 12.8. The number of ether oxygens (including phenoxy) is 3. The summed E-state index contributed by atoms with van der Waals surface area (Å²) in [7, 11) is 4.77. The van der Waals surface area contributed by atoms with Crippen molar-refractivity contribution in [1.29, 1.82) is 0 Å². The molecule has 6 heteroatoms. The van der Waals surface area contributed by atoms with Gasteiger partial charge in [-0.25, -0.2) is 0 Å². The molecule has 0 saturated carbocycles. The fourth-order valence-electron chi connectivity index (χ4n) is 4.22. The molecule has 3 heterocycles. The van der Waals surface area contributed by atoms with Crippen LogP contribution in [0, 0.1) is 5.92 Å². The molecule has 1 fully saturated rings. The van der Waals surface area contributed by atoms with Gasteiger partial charge in [0.1, 0.15) is 0 Å². The van der Waals surface area contributed by atoms with Crippen molar-refractivity contribution in [1.82, 2.24) is 9.88 Å². The van der Waals surface area contributed by atoms with E-state index >= 15 is 0 Å². The molecule has 138 valence electrons. The van der Waals surface area contributed by atoms with E-state index in [1.165, 1.54) is 0 Å². The van der Waals surface area contributed by atoms with Crippen LogP contribution in [0.4, 0.5) is 0 Å². The number of hydrogen-bond donors (Lipinski definition) is 1. The van der Waals surface area contributed by atoms with Gasteiger partial charge in [0.2, 0.25) is 5.75 Å². The number of pyridine rings is 1. The number of aromatic nitrogens is 1. The van der Waals surface area contributed by atoms with E-state index in [0.29, 0.717) is 29.1 Å². The average Bonchev–Trinajstić information content (AvgIpc) is 2.67. The number of fused-ring (bicyclic) bond motifs is 4. The maximum Gasteiger partial charge on any atom is 0.251 e. The molecule has 6 nitrogen and oxygen atoms in total. The molecule has 0 unspecified atom stereocenters. The average molecular weight is 356 g/mol. The van der Waals surface area contributed by atoms with E-state index in [-0.39, 0.29) is 5.56 Å². The van der Waals surface area contributed by atoms with Crippen LogP contribution in [0.2, 0.25) is 0 Å². The Labute approximate surface area is 152 Å². The standard InChI is InChI=1S/C20H24N2O4/c1-24-17-6-14(7-18(25-2)20(17)26-3)13-5-16-15-4-12(9-21-10-15)11-22(16)19(23)8-13/h5-8,12,15,21H,4,9-11H2,1-3H3/t12-,15+/m0/s1. The van der Waals surface area contributed by atoms with Gasteiger partial charge in [-0.05, 0) is 48.2 Å². The Bertz CT molecular complexity index is 865. The first-order valence-electron chi connectivity index (χ1n) is 8.90. The summed E-state index contributed by atoms with van der Waals surface area (Å²) in [5, 5.41) is 3.49. The van der Waals surface area contributed by atoms with Crippen LogP contribution in [0.1, 0.15) is 18.0 Å². The van der Waals surface area contributed by atoms with Gasteiger partial charge in [0.15, 0.2) is 11.5 Å². The summed E-state index contributed by atoms with van der Waals surface area (Å²) >= 11 is 0. The van der Waals surface area contributed by atoms with Gasteiger partial charge < -0.3 is 24.1 Å². The van der Waals surface area contributed by atoms with Crippen LogP contribution >= 0.6 is 0 Å². The summed E-state index contributed by atoms with van der Waals surface area (Å²) in [6.45, 7) is 2.72. The van der Waals surface area contributed by atoms with Crippen LogP contribution in [0.25, 0.3) is 11.1 Å². The van der Waals surface area contributed by atoms with Crippen molar-refractivity contribution in [3.63, 3.8) is 0 Å². The zero-order chi connectivity index (χ0) is 18.3. The van der Waals surface area contributed by atoms with Gasteiger partial charge in [0.05, 0.1) is 21.3 Å². The second-order valence-corrected chi connectivity index (χ2v) is 6.99. The maximum absolute atomic E-state index is 12.8. The Morgan fingerprint density at radius 3 is 2.31 bits per heavy atom. The van der Waals surface area contributed by atoms with Crippen molar-refractivity contribution < 1.29 is 14.2 Å². The number of piperidine rings is 1. The minimum atomic E-state index is 0.0582. The van der Waals surface area contributed by atoms with E-state index in [1.807, 2.05) is 16.7 Å². The predicted molar refractivity (Wildman–Crippen MR) is 99.5 cm³/mol. The zero-order valence-corrected chi connectivity index (χ0v) is 15.4. The first-order chi connectivity index (χ1) is 12.6. The fraction of sp³-hybridized carbons (Fsp3) is 0.450. The Morgan fingerprint density at radius 1 is 0.962 bits per heavy atom. The molecular formula is C20H24N2O4. The lowest BCUT2D eigenvalue weighted by molar-refractivity contribution is 0.257. The van der Waals surface area contributed by atoms with Crippen LogP contribution in [0.3, 0.4) is 0 Å². The first kappa shape index (κ1) is 17.0. The number of nitrogens with zero attached hydrogens (tertiary/aromatic N) is 1. The molecule has 1 N–H and O–H groups in total. The lowest BCUT2D eigenvalue weighted by Gasteiger charge is -2.37. The molecule has 2 aliphatic rings. The third-order valence-corrected chi connectivity index (χ3v) is 5.46. The predicted octanol–water partition coefficient (Wildman–Crippen LogP) is 2.25. The highest BCUT2D eigenvalue weighted by atomic mass is 16.5. The minimum Gasteiger partial charge on any atom is -0.493 e. The molecule has 1 aromatic heterocycles. The molecule has 4 rings (SSSR count). The van der Waals surface area contributed by atoms with Gasteiger partial charge in [0, 0.05) is 30.8 Å². The fourth-order valence-corrected chi connectivity index (χ4v) is 4.22. The van der Waals surface area contributed by atoms with Crippen molar-refractivity contribution in [3.05, 3.63) is 40.3 Å². The van der Waals surface area contributed by atoms with Crippen molar-refractivity contribution in [2.45, 2.75) is 18.9 Å². The Hall–Kier alpha value is -2.47. The molecule has 2 bridgehead atoms. The largest absolute Gasteiger partial charge is 0.493 e. The molecule has 2 aliphatic heterocycles.